The first-order valence-corrected chi connectivity index (χ1v) is 6.61. The highest BCUT2D eigenvalue weighted by Gasteiger charge is 1.97. The third-order valence-electron chi connectivity index (χ3n) is 2.34. The summed E-state index contributed by atoms with van der Waals surface area (Å²) in [7, 11) is 0. The molecule has 0 saturated heterocycles. The lowest BCUT2D eigenvalue weighted by Crippen LogP contribution is -2.07. The maximum atomic E-state index is 11.7. The second kappa shape index (κ2) is 6.35. The quantitative estimate of drug-likeness (QED) is 0.660. The Morgan fingerprint density at radius 3 is 2.33 bits per heavy atom. The number of benzene rings is 2. The van der Waals surface area contributed by atoms with Gasteiger partial charge >= 0.3 is 0 Å². The highest BCUT2D eigenvalue weighted by molar-refractivity contribution is 14.1. The Morgan fingerprint density at radius 2 is 1.67 bits per heavy atom. The molecule has 0 radical (unpaired) electrons. The summed E-state index contributed by atoms with van der Waals surface area (Å²) in [4.78, 5) is 11.7. The van der Waals surface area contributed by atoms with Crippen molar-refractivity contribution in [3.63, 3.8) is 0 Å². The van der Waals surface area contributed by atoms with Gasteiger partial charge in [-0.05, 0) is 58.5 Å². The molecule has 0 saturated carbocycles. The Morgan fingerprint density at radius 1 is 1.00 bits per heavy atom. The van der Waals surface area contributed by atoms with Crippen molar-refractivity contribution in [3.8, 4) is 0 Å². The van der Waals surface area contributed by atoms with E-state index in [-0.39, 0.29) is 5.91 Å². The molecule has 3 heteroatoms. The lowest BCUT2D eigenvalue weighted by Gasteiger charge is -2.01. The van der Waals surface area contributed by atoms with Gasteiger partial charge in [-0.1, -0.05) is 30.3 Å². The molecule has 2 rings (SSSR count). The van der Waals surface area contributed by atoms with Gasteiger partial charge in [0.15, 0.2) is 0 Å². The number of nitrogens with one attached hydrogen (secondary N) is 1. The smallest absolute Gasteiger partial charge is 0.248 e. The van der Waals surface area contributed by atoms with Gasteiger partial charge in [0.05, 0.1) is 0 Å². The van der Waals surface area contributed by atoms with E-state index in [0.29, 0.717) is 0 Å². The van der Waals surface area contributed by atoms with Crippen LogP contribution in [0.3, 0.4) is 0 Å². The molecular weight excluding hydrogens is 337 g/mol. The molecule has 90 valence electrons. The predicted molar refractivity (Wildman–Crippen MR) is 83.3 cm³/mol. The molecule has 1 amide bonds. The Hall–Kier alpha value is -1.62. The number of amides is 1. The zero-order chi connectivity index (χ0) is 12.8. The Bertz CT molecular complexity index is 546. The van der Waals surface area contributed by atoms with E-state index < -0.39 is 0 Å². The number of hydrogen-bond acceptors (Lipinski definition) is 1. The molecule has 2 aromatic carbocycles. The maximum absolute atomic E-state index is 11.7. The average molecular weight is 349 g/mol. The molecule has 0 bridgehead atoms. The van der Waals surface area contributed by atoms with Gasteiger partial charge in [-0.25, -0.2) is 0 Å². The van der Waals surface area contributed by atoms with Crippen LogP contribution in [-0.2, 0) is 4.79 Å². The summed E-state index contributed by atoms with van der Waals surface area (Å²) < 4.78 is 1.14. The summed E-state index contributed by atoms with van der Waals surface area (Å²) >= 11 is 2.23. The van der Waals surface area contributed by atoms with Crippen molar-refractivity contribution in [2.24, 2.45) is 0 Å². The maximum Gasteiger partial charge on any atom is 0.248 e. The zero-order valence-electron chi connectivity index (χ0n) is 9.64. The van der Waals surface area contributed by atoms with Crippen LogP contribution >= 0.6 is 22.6 Å². The van der Waals surface area contributed by atoms with Crippen molar-refractivity contribution in [2.75, 3.05) is 5.32 Å². The fraction of sp³-hybridized carbons (Fsp3) is 0. The SMILES string of the molecule is O=C(/C=C/c1ccccc1)Nc1ccc(I)cc1. The highest BCUT2D eigenvalue weighted by atomic mass is 127. The van der Waals surface area contributed by atoms with Gasteiger partial charge < -0.3 is 5.32 Å². The third kappa shape index (κ3) is 4.00. The number of rotatable bonds is 3. The minimum absolute atomic E-state index is 0.125. The van der Waals surface area contributed by atoms with Gasteiger partial charge in [0.2, 0.25) is 5.91 Å². The monoisotopic (exact) mass is 349 g/mol. The molecule has 2 aromatic rings. The normalized spacial score (nSPS) is 10.5. The second-order valence-corrected chi connectivity index (χ2v) is 4.99. The van der Waals surface area contributed by atoms with Crippen molar-refractivity contribution >= 4 is 40.3 Å². The van der Waals surface area contributed by atoms with E-state index in [1.54, 1.807) is 6.08 Å². The van der Waals surface area contributed by atoms with Crippen LogP contribution in [0.15, 0.2) is 60.7 Å². The average Bonchev–Trinajstić information content (AvgIpc) is 2.40. The lowest BCUT2D eigenvalue weighted by atomic mass is 10.2. The molecule has 0 heterocycles. The van der Waals surface area contributed by atoms with Crippen molar-refractivity contribution in [1.82, 2.24) is 0 Å². The van der Waals surface area contributed by atoms with Crippen LogP contribution in [0, 0.1) is 3.57 Å². The van der Waals surface area contributed by atoms with E-state index in [2.05, 4.69) is 27.9 Å². The second-order valence-electron chi connectivity index (χ2n) is 3.74. The third-order valence-corrected chi connectivity index (χ3v) is 3.06. The van der Waals surface area contributed by atoms with Crippen LogP contribution in [0.2, 0.25) is 0 Å². The summed E-state index contributed by atoms with van der Waals surface area (Å²) in [6, 6.07) is 17.4. The molecule has 0 aliphatic carbocycles. The summed E-state index contributed by atoms with van der Waals surface area (Å²) in [6.07, 6.45) is 3.33. The highest BCUT2D eigenvalue weighted by Crippen LogP contribution is 2.11. The van der Waals surface area contributed by atoms with E-state index in [4.69, 9.17) is 0 Å². The number of carbonyl (C=O) groups is 1. The van der Waals surface area contributed by atoms with E-state index >= 15 is 0 Å². The molecule has 18 heavy (non-hydrogen) atoms. The molecule has 1 N–H and O–H groups in total. The van der Waals surface area contributed by atoms with Gasteiger partial charge in [-0.2, -0.15) is 0 Å². The molecular formula is C15H12INO. The van der Waals surface area contributed by atoms with Crippen LogP contribution < -0.4 is 5.32 Å². The van der Waals surface area contributed by atoms with Crippen LogP contribution in [0.5, 0.6) is 0 Å². The minimum atomic E-state index is -0.125. The molecule has 0 atom stereocenters. The van der Waals surface area contributed by atoms with Gasteiger partial charge in [0.25, 0.3) is 0 Å². The van der Waals surface area contributed by atoms with E-state index in [9.17, 15) is 4.79 Å². The zero-order valence-corrected chi connectivity index (χ0v) is 11.8. The number of halogens is 1. The summed E-state index contributed by atoms with van der Waals surface area (Å²) in [6.45, 7) is 0. The molecule has 0 unspecified atom stereocenters. The first-order valence-electron chi connectivity index (χ1n) is 5.54. The topological polar surface area (TPSA) is 29.1 Å². The molecule has 0 aliphatic heterocycles. The molecule has 2 nitrogen and oxygen atoms in total. The molecule has 0 aliphatic rings. The number of carbonyl (C=O) groups excluding carboxylic acids is 1. The van der Waals surface area contributed by atoms with Gasteiger partial charge in [0, 0.05) is 15.3 Å². The summed E-state index contributed by atoms with van der Waals surface area (Å²) in [5.41, 5.74) is 1.81. The van der Waals surface area contributed by atoms with E-state index in [1.165, 1.54) is 6.08 Å². The van der Waals surface area contributed by atoms with Crippen LogP contribution in [0.25, 0.3) is 6.08 Å². The Balaban J connectivity index is 1.97. The van der Waals surface area contributed by atoms with E-state index in [0.717, 1.165) is 14.8 Å². The van der Waals surface area contributed by atoms with Crippen molar-refractivity contribution in [1.29, 1.82) is 0 Å². The molecule has 0 fully saturated rings. The summed E-state index contributed by atoms with van der Waals surface area (Å²) in [5.74, 6) is -0.125. The van der Waals surface area contributed by atoms with Gasteiger partial charge in [-0.15, -0.1) is 0 Å². The summed E-state index contributed by atoms with van der Waals surface area (Å²) in [5, 5.41) is 2.81. The van der Waals surface area contributed by atoms with Crippen molar-refractivity contribution in [2.45, 2.75) is 0 Å². The fourth-order valence-corrected chi connectivity index (χ4v) is 1.81. The van der Waals surface area contributed by atoms with Crippen molar-refractivity contribution in [3.05, 3.63) is 69.8 Å². The van der Waals surface area contributed by atoms with E-state index in [1.807, 2.05) is 54.6 Å². The lowest BCUT2D eigenvalue weighted by molar-refractivity contribution is -0.111. The standard InChI is InChI=1S/C15H12INO/c16-13-7-9-14(10-8-13)17-15(18)11-6-12-4-2-1-3-5-12/h1-11H,(H,17,18)/b11-6+. The first-order chi connectivity index (χ1) is 8.74. The van der Waals surface area contributed by atoms with Crippen LogP contribution in [-0.4, -0.2) is 5.91 Å². The van der Waals surface area contributed by atoms with Crippen LogP contribution in [0.4, 0.5) is 5.69 Å². The van der Waals surface area contributed by atoms with Gasteiger partial charge in [0.1, 0.15) is 0 Å². The fourth-order valence-electron chi connectivity index (χ4n) is 1.45. The Kier molecular flexibility index (Phi) is 4.52. The van der Waals surface area contributed by atoms with Crippen LogP contribution in [0.1, 0.15) is 5.56 Å². The Labute approximate surface area is 120 Å². The van der Waals surface area contributed by atoms with Gasteiger partial charge in [-0.3, -0.25) is 4.79 Å². The number of anilines is 1. The molecule has 0 spiro atoms. The largest absolute Gasteiger partial charge is 0.323 e. The predicted octanol–water partition coefficient (Wildman–Crippen LogP) is 3.94. The van der Waals surface area contributed by atoms with Crippen molar-refractivity contribution < 1.29 is 4.79 Å². The molecule has 0 aromatic heterocycles. The number of hydrogen-bond donors (Lipinski definition) is 1. The first kappa shape index (κ1) is 12.8. The minimum Gasteiger partial charge on any atom is -0.323 e.